The highest BCUT2D eigenvalue weighted by Gasteiger charge is 2.27. The summed E-state index contributed by atoms with van der Waals surface area (Å²) in [7, 11) is -3.94. The van der Waals surface area contributed by atoms with Gasteiger partial charge >= 0.3 is 0 Å². The number of hydrogen-bond acceptors (Lipinski definition) is 4. The Hall–Kier alpha value is -2.58. The Labute approximate surface area is 174 Å². The third kappa shape index (κ3) is 4.89. The van der Waals surface area contributed by atoms with Gasteiger partial charge in [0.1, 0.15) is 16.7 Å². The molecule has 0 aliphatic heterocycles. The van der Waals surface area contributed by atoms with E-state index in [0.29, 0.717) is 16.7 Å². The summed E-state index contributed by atoms with van der Waals surface area (Å²) in [4.78, 5) is -0.242. The van der Waals surface area contributed by atoms with Gasteiger partial charge in [0.15, 0.2) is 0 Å². The van der Waals surface area contributed by atoms with Crippen LogP contribution in [0, 0.1) is 18.3 Å². The fraction of sp³-hybridized carbons (Fsp3) is 0.375. The van der Waals surface area contributed by atoms with Crippen LogP contribution in [0.1, 0.15) is 63.8 Å². The van der Waals surface area contributed by atoms with Gasteiger partial charge in [-0.2, -0.15) is 5.26 Å². The molecular formula is C24H29NO3S. The topological polar surface area (TPSA) is 78.2 Å². The first-order chi connectivity index (χ1) is 13.2. The minimum Gasteiger partial charge on any atom is -0.507 e. The van der Waals surface area contributed by atoms with Crippen LogP contribution in [0.25, 0.3) is 6.08 Å². The molecule has 0 spiro atoms. The zero-order valence-electron chi connectivity index (χ0n) is 18.2. The van der Waals surface area contributed by atoms with E-state index in [9.17, 15) is 18.8 Å². The first-order valence-electron chi connectivity index (χ1n) is 9.49. The summed E-state index contributed by atoms with van der Waals surface area (Å²) < 4.78 is 25.9. The van der Waals surface area contributed by atoms with Gasteiger partial charge in [-0.3, -0.25) is 0 Å². The molecule has 0 radical (unpaired) electrons. The van der Waals surface area contributed by atoms with Gasteiger partial charge < -0.3 is 5.11 Å². The third-order valence-corrected chi connectivity index (χ3v) is 6.46. The predicted molar refractivity (Wildman–Crippen MR) is 117 cm³/mol. The molecule has 2 rings (SSSR count). The van der Waals surface area contributed by atoms with Crippen LogP contribution in [0.2, 0.25) is 0 Å². The number of hydrogen-bond donors (Lipinski definition) is 1. The van der Waals surface area contributed by atoms with Crippen LogP contribution in [0.5, 0.6) is 5.75 Å². The summed E-state index contributed by atoms with van der Waals surface area (Å²) in [6, 6.07) is 11.8. The van der Waals surface area contributed by atoms with Crippen molar-refractivity contribution >= 4 is 15.9 Å². The van der Waals surface area contributed by atoms with Gasteiger partial charge in [-0.05, 0) is 53.7 Å². The Morgan fingerprint density at radius 1 is 0.966 bits per heavy atom. The molecule has 29 heavy (non-hydrogen) atoms. The largest absolute Gasteiger partial charge is 0.507 e. The fourth-order valence-corrected chi connectivity index (χ4v) is 4.21. The maximum absolute atomic E-state index is 13.0. The predicted octanol–water partition coefficient (Wildman–Crippen LogP) is 5.63. The molecule has 0 amide bonds. The molecule has 0 fully saturated rings. The van der Waals surface area contributed by atoms with Crippen LogP contribution in [-0.4, -0.2) is 13.5 Å². The number of aryl methyl sites for hydroxylation is 1. The molecule has 0 saturated heterocycles. The molecule has 5 heteroatoms. The number of sulfone groups is 1. The SMILES string of the molecule is Cc1ccc(S(=O)(=O)/C(C#N)=C\c2cc(C(C)(C)C)c(O)c(C(C)(C)C)c2)cc1. The lowest BCUT2D eigenvalue weighted by Gasteiger charge is -2.28. The number of benzene rings is 2. The summed E-state index contributed by atoms with van der Waals surface area (Å²) in [6.45, 7) is 13.8. The van der Waals surface area contributed by atoms with Crippen molar-refractivity contribution in [2.75, 3.05) is 0 Å². The fourth-order valence-electron chi connectivity index (χ4n) is 3.05. The van der Waals surface area contributed by atoms with Crippen LogP contribution >= 0.6 is 0 Å². The van der Waals surface area contributed by atoms with Gasteiger partial charge in [0.25, 0.3) is 0 Å². The number of aromatic hydroxyl groups is 1. The second-order valence-corrected chi connectivity index (χ2v) is 11.3. The first kappa shape index (κ1) is 22.7. The molecule has 0 aromatic heterocycles. The van der Waals surface area contributed by atoms with Crippen LogP contribution in [-0.2, 0) is 20.7 Å². The lowest BCUT2D eigenvalue weighted by Crippen LogP contribution is -2.17. The van der Waals surface area contributed by atoms with Crippen molar-refractivity contribution in [1.82, 2.24) is 0 Å². The molecule has 4 nitrogen and oxygen atoms in total. The van der Waals surface area contributed by atoms with Crippen molar-refractivity contribution < 1.29 is 13.5 Å². The van der Waals surface area contributed by atoms with Gasteiger partial charge in [0.05, 0.1) is 4.90 Å². The van der Waals surface area contributed by atoms with E-state index in [-0.39, 0.29) is 26.4 Å². The van der Waals surface area contributed by atoms with Crippen molar-refractivity contribution in [1.29, 1.82) is 5.26 Å². The van der Waals surface area contributed by atoms with E-state index in [1.807, 2.05) is 54.5 Å². The van der Waals surface area contributed by atoms with Crippen LogP contribution < -0.4 is 0 Å². The molecule has 0 bridgehead atoms. The number of rotatable bonds is 3. The minimum absolute atomic E-state index is 0.0850. The highest BCUT2D eigenvalue weighted by molar-refractivity contribution is 7.95. The van der Waals surface area contributed by atoms with E-state index in [1.54, 1.807) is 24.3 Å². The number of allylic oxidation sites excluding steroid dienone is 1. The van der Waals surface area contributed by atoms with Crippen molar-refractivity contribution in [3.8, 4) is 11.8 Å². The Morgan fingerprint density at radius 3 is 1.79 bits per heavy atom. The van der Waals surface area contributed by atoms with E-state index in [4.69, 9.17) is 0 Å². The number of phenols is 1. The normalized spacial score (nSPS) is 13.2. The van der Waals surface area contributed by atoms with Gasteiger partial charge in [0, 0.05) is 11.1 Å². The quantitative estimate of drug-likeness (QED) is 0.664. The summed E-state index contributed by atoms with van der Waals surface area (Å²) in [6.07, 6.45) is 1.39. The smallest absolute Gasteiger partial charge is 0.216 e. The minimum atomic E-state index is -3.94. The third-order valence-electron chi connectivity index (χ3n) is 4.78. The van der Waals surface area contributed by atoms with E-state index in [2.05, 4.69) is 0 Å². The van der Waals surface area contributed by atoms with Crippen molar-refractivity contribution in [3.05, 3.63) is 63.6 Å². The highest BCUT2D eigenvalue weighted by Crippen LogP contribution is 2.40. The van der Waals surface area contributed by atoms with E-state index < -0.39 is 9.84 Å². The van der Waals surface area contributed by atoms with Crippen molar-refractivity contribution in [3.63, 3.8) is 0 Å². The zero-order chi connectivity index (χ0) is 22.2. The van der Waals surface area contributed by atoms with Crippen LogP contribution in [0.3, 0.4) is 0 Å². The summed E-state index contributed by atoms with van der Waals surface area (Å²) in [5, 5.41) is 20.4. The van der Waals surface area contributed by atoms with Gasteiger partial charge in [-0.15, -0.1) is 0 Å². The van der Waals surface area contributed by atoms with Gasteiger partial charge in [-0.25, -0.2) is 8.42 Å². The molecule has 0 aliphatic carbocycles. The number of nitrogens with zero attached hydrogens (tertiary/aromatic N) is 1. The van der Waals surface area contributed by atoms with Crippen molar-refractivity contribution in [2.24, 2.45) is 0 Å². The van der Waals surface area contributed by atoms with Crippen molar-refractivity contribution in [2.45, 2.75) is 64.2 Å². The van der Waals surface area contributed by atoms with Gasteiger partial charge in [0.2, 0.25) is 9.84 Å². The van der Waals surface area contributed by atoms with E-state index in [1.165, 1.54) is 18.2 Å². The average molecular weight is 412 g/mol. The Morgan fingerprint density at radius 2 is 1.41 bits per heavy atom. The molecule has 2 aromatic rings. The molecule has 1 N–H and O–H groups in total. The molecule has 0 unspecified atom stereocenters. The Kier molecular flexibility index (Phi) is 6.02. The standard InChI is InChI=1S/C24H29NO3S/c1-16-8-10-18(11-9-16)29(27,28)19(15-25)12-17-13-20(23(2,3)4)22(26)21(14-17)24(5,6)7/h8-14,26H,1-7H3/b19-12-. The highest BCUT2D eigenvalue weighted by atomic mass is 32.2. The van der Waals surface area contributed by atoms with E-state index >= 15 is 0 Å². The summed E-state index contributed by atoms with van der Waals surface area (Å²) in [5.41, 5.74) is 2.23. The number of phenolic OH excluding ortho intramolecular Hbond substituents is 1. The molecule has 0 saturated carbocycles. The molecule has 0 aliphatic rings. The molecule has 154 valence electrons. The summed E-state index contributed by atoms with van der Waals surface area (Å²) in [5.74, 6) is 0.210. The molecule has 0 atom stereocenters. The lowest BCUT2D eigenvalue weighted by atomic mass is 9.78. The molecular weight excluding hydrogens is 382 g/mol. The lowest BCUT2D eigenvalue weighted by molar-refractivity contribution is 0.423. The van der Waals surface area contributed by atoms with E-state index in [0.717, 1.165) is 5.56 Å². The number of nitriles is 1. The Balaban J connectivity index is 2.73. The first-order valence-corrected chi connectivity index (χ1v) is 11.0. The average Bonchev–Trinajstić information content (AvgIpc) is 2.58. The molecule has 2 aromatic carbocycles. The second kappa shape index (κ2) is 7.68. The summed E-state index contributed by atoms with van der Waals surface area (Å²) >= 11 is 0. The van der Waals surface area contributed by atoms with Gasteiger partial charge in [-0.1, -0.05) is 59.2 Å². The monoisotopic (exact) mass is 411 g/mol. The molecule has 0 heterocycles. The maximum Gasteiger partial charge on any atom is 0.216 e. The Bertz CT molecular complexity index is 1050. The maximum atomic E-state index is 13.0. The second-order valence-electron chi connectivity index (χ2n) is 9.40. The van der Waals surface area contributed by atoms with Crippen LogP contribution in [0.4, 0.5) is 0 Å². The zero-order valence-corrected chi connectivity index (χ0v) is 19.0. The van der Waals surface area contributed by atoms with Crippen LogP contribution in [0.15, 0.2) is 46.2 Å².